The molecular weight excluding hydrogens is 372 g/mol. The highest BCUT2D eigenvalue weighted by molar-refractivity contribution is 6.21. The smallest absolute Gasteiger partial charge is 0.475 e. The highest BCUT2D eigenvalue weighted by atomic mass is 19.4. The van der Waals surface area contributed by atoms with Crippen LogP contribution < -0.4 is 5.32 Å². The standard InChI is InChI=1S/C15H15FN2O2.C2HF3O2/c16-13-9-17-7-5-10(13)6-8-18-14(19)11-3-1-2-4-12(11)15(18)20;3-2(4,5)1(6)7/h1-4,6,13,17H,5,7-9H2;(H,6,7)/b10-6-;. The average Bonchev–Trinajstić information content (AvgIpc) is 2.85. The number of aliphatic carboxylic acids is 1. The van der Waals surface area contributed by atoms with E-state index in [0.717, 1.165) is 6.54 Å². The Labute approximate surface area is 151 Å². The fraction of sp³-hybridized carbons (Fsp3) is 0.353. The summed E-state index contributed by atoms with van der Waals surface area (Å²) < 4.78 is 45.4. The molecule has 2 aliphatic rings. The number of hydrogen-bond donors (Lipinski definition) is 2. The molecule has 10 heteroatoms. The van der Waals surface area contributed by atoms with Crippen LogP contribution in [0.1, 0.15) is 27.1 Å². The van der Waals surface area contributed by atoms with Crippen molar-refractivity contribution in [2.75, 3.05) is 19.6 Å². The summed E-state index contributed by atoms with van der Waals surface area (Å²) in [5.74, 6) is -3.36. The zero-order valence-electron chi connectivity index (χ0n) is 13.9. The van der Waals surface area contributed by atoms with E-state index in [2.05, 4.69) is 5.32 Å². The Morgan fingerprint density at radius 2 is 1.74 bits per heavy atom. The van der Waals surface area contributed by atoms with Crippen molar-refractivity contribution in [3.05, 3.63) is 47.0 Å². The van der Waals surface area contributed by atoms with Crippen molar-refractivity contribution in [2.24, 2.45) is 0 Å². The lowest BCUT2D eigenvalue weighted by molar-refractivity contribution is -0.192. The van der Waals surface area contributed by atoms with Crippen LogP contribution in [0.25, 0.3) is 0 Å². The Morgan fingerprint density at radius 1 is 1.22 bits per heavy atom. The summed E-state index contributed by atoms with van der Waals surface area (Å²) in [4.78, 5) is 34.3. The van der Waals surface area contributed by atoms with E-state index in [1.54, 1.807) is 30.3 Å². The van der Waals surface area contributed by atoms with E-state index < -0.39 is 18.3 Å². The Morgan fingerprint density at radius 3 is 2.19 bits per heavy atom. The number of hydrogen-bond acceptors (Lipinski definition) is 4. The molecule has 2 N–H and O–H groups in total. The third-order valence-electron chi connectivity index (χ3n) is 3.97. The molecule has 1 aromatic carbocycles. The van der Waals surface area contributed by atoms with Gasteiger partial charge in [0.2, 0.25) is 0 Å². The van der Waals surface area contributed by atoms with Crippen LogP contribution in [0.15, 0.2) is 35.9 Å². The number of carboxylic acid groups (broad SMARTS) is 1. The summed E-state index contributed by atoms with van der Waals surface area (Å²) >= 11 is 0. The number of amides is 2. The molecule has 2 aliphatic heterocycles. The van der Waals surface area contributed by atoms with Crippen LogP contribution in [0.5, 0.6) is 0 Å². The fourth-order valence-electron chi connectivity index (χ4n) is 2.59. The fourth-order valence-corrected chi connectivity index (χ4v) is 2.59. The highest BCUT2D eigenvalue weighted by Gasteiger charge is 2.38. The zero-order chi connectivity index (χ0) is 20.2. The summed E-state index contributed by atoms with van der Waals surface area (Å²) in [6.45, 7) is 1.17. The topological polar surface area (TPSA) is 86.7 Å². The molecule has 0 aliphatic carbocycles. The summed E-state index contributed by atoms with van der Waals surface area (Å²) in [5.41, 5.74) is 1.52. The van der Waals surface area contributed by atoms with E-state index in [1.807, 2.05) is 0 Å². The number of carboxylic acids is 1. The predicted molar refractivity (Wildman–Crippen MR) is 86.0 cm³/mol. The molecule has 2 heterocycles. The van der Waals surface area contributed by atoms with Gasteiger partial charge in [0.1, 0.15) is 6.17 Å². The zero-order valence-corrected chi connectivity index (χ0v) is 13.9. The first kappa shape index (κ1) is 20.6. The van der Waals surface area contributed by atoms with Crippen molar-refractivity contribution in [2.45, 2.75) is 18.8 Å². The van der Waals surface area contributed by atoms with Gasteiger partial charge in [-0.3, -0.25) is 14.5 Å². The van der Waals surface area contributed by atoms with Gasteiger partial charge >= 0.3 is 12.1 Å². The molecule has 27 heavy (non-hydrogen) atoms. The molecule has 0 saturated carbocycles. The second kappa shape index (κ2) is 8.30. The number of benzene rings is 1. The molecule has 1 unspecified atom stereocenters. The Kier molecular flexibility index (Phi) is 6.32. The summed E-state index contributed by atoms with van der Waals surface area (Å²) in [5, 5.41) is 10.1. The van der Waals surface area contributed by atoms with Gasteiger partial charge in [0.15, 0.2) is 0 Å². The van der Waals surface area contributed by atoms with E-state index in [9.17, 15) is 27.2 Å². The van der Waals surface area contributed by atoms with Crippen molar-refractivity contribution in [1.82, 2.24) is 10.2 Å². The summed E-state index contributed by atoms with van der Waals surface area (Å²) in [6.07, 6.45) is -3.82. The van der Waals surface area contributed by atoms with Gasteiger partial charge in [0.25, 0.3) is 11.8 Å². The predicted octanol–water partition coefficient (Wildman–Crippen LogP) is 2.17. The second-order valence-electron chi connectivity index (χ2n) is 5.77. The first-order valence-electron chi connectivity index (χ1n) is 7.92. The van der Waals surface area contributed by atoms with Gasteiger partial charge in [-0.25, -0.2) is 9.18 Å². The number of piperidine rings is 1. The molecule has 1 fully saturated rings. The number of carbonyl (C=O) groups is 3. The monoisotopic (exact) mass is 388 g/mol. The Balaban J connectivity index is 0.000000321. The summed E-state index contributed by atoms with van der Waals surface area (Å²) in [7, 11) is 0. The quantitative estimate of drug-likeness (QED) is 0.461. The number of alkyl halides is 4. The molecule has 1 atom stereocenters. The van der Waals surface area contributed by atoms with Gasteiger partial charge < -0.3 is 10.4 Å². The van der Waals surface area contributed by atoms with E-state index in [1.165, 1.54) is 4.90 Å². The molecule has 6 nitrogen and oxygen atoms in total. The van der Waals surface area contributed by atoms with Crippen LogP contribution in [0.2, 0.25) is 0 Å². The molecule has 3 rings (SSSR count). The molecule has 1 aromatic rings. The van der Waals surface area contributed by atoms with E-state index >= 15 is 0 Å². The Bertz CT molecular complexity index is 741. The van der Waals surface area contributed by atoms with Crippen molar-refractivity contribution >= 4 is 17.8 Å². The highest BCUT2D eigenvalue weighted by Crippen LogP contribution is 2.23. The average molecular weight is 388 g/mol. The third-order valence-corrected chi connectivity index (χ3v) is 3.97. The number of nitrogens with zero attached hydrogens (tertiary/aromatic N) is 1. The molecule has 1 saturated heterocycles. The lowest BCUT2D eigenvalue weighted by Gasteiger charge is -2.21. The van der Waals surface area contributed by atoms with Crippen LogP contribution in [-0.4, -0.2) is 59.8 Å². The molecular formula is C17H16F4N2O4. The normalized spacial score (nSPS) is 21.0. The minimum atomic E-state index is -5.08. The number of rotatable bonds is 2. The Hall–Kier alpha value is -2.75. The molecule has 146 valence electrons. The van der Waals surface area contributed by atoms with Crippen LogP contribution in [0.3, 0.4) is 0 Å². The third kappa shape index (κ3) is 4.91. The second-order valence-corrected chi connectivity index (χ2v) is 5.77. The van der Waals surface area contributed by atoms with Gasteiger partial charge in [0, 0.05) is 13.1 Å². The van der Waals surface area contributed by atoms with Crippen LogP contribution >= 0.6 is 0 Å². The van der Waals surface area contributed by atoms with Gasteiger partial charge in [-0.2, -0.15) is 13.2 Å². The molecule has 0 aromatic heterocycles. The van der Waals surface area contributed by atoms with Gasteiger partial charge in [0.05, 0.1) is 11.1 Å². The number of nitrogens with one attached hydrogen (secondary N) is 1. The lowest BCUT2D eigenvalue weighted by Crippen LogP contribution is -2.34. The van der Waals surface area contributed by atoms with Crippen LogP contribution in [-0.2, 0) is 4.79 Å². The SMILES string of the molecule is O=C(O)C(F)(F)F.O=C1c2ccccc2C(=O)N1C/C=C1/CCNCC1F. The van der Waals surface area contributed by atoms with Gasteiger partial charge in [-0.15, -0.1) is 0 Å². The maximum Gasteiger partial charge on any atom is 0.490 e. The minimum Gasteiger partial charge on any atom is -0.475 e. The number of imide groups is 1. The molecule has 0 bridgehead atoms. The minimum absolute atomic E-state index is 0.141. The van der Waals surface area contributed by atoms with Crippen molar-refractivity contribution in [3.63, 3.8) is 0 Å². The van der Waals surface area contributed by atoms with Crippen molar-refractivity contribution in [3.8, 4) is 0 Å². The first-order valence-corrected chi connectivity index (χ1v) is 7.92. The number of carbonyl (C=O) groups excluding carboxylic acids is 2. The number of halogens is 4. The lowest BCUT2D eigenvalue weighted by atomic mass is 10.0. The maximum atomic E-state index is 13.7. The van der Waals surface area contributed by atoms with Crippen LogP contribution in [0.4, 0.5) is 17.6 Å². The summed E-state index contributed by atoms with van der Waals surface area (Å²) in [6, 6.07) is 6.75. The van der Waals surface area contributed by atoms with E-state index in [0.29, 0.717) is 29.7 Å². The number of fused-ring (bicyclic) bond motifs is 1. The van der Waals surface area contributed by atoms with Crippen molar-refractivity contribution in [1.29, 1.82) is 0 Å². The van der Waals surface area contributed by atoms with Crippen LogP contribution in [0, 0.1) is 0 Å². The van der Waals surface area contributed by atoms with E-state index in [-0.39, 0.29) is 18.4 Å². The molecule has 0 spiro atoms. The first-order chi connectivity index (χ1) is 12.6. The van der Waals surface area contributed by atoms with Gasteiger partial charge in [-0.1, -0.05) is 18.2 Å². The van der Waals surface area contributed by atoms with Gasteiger partial charge in [-0.05, 0) is 30.7 Å². The van der Waals surface area contributed by atoms with Crippen molar-refractivity contribution < 1.29 is 37.1 Å². The maximum absolute atomic E-state index is 13.7. The van der Waals surface area contributed by atoms with E-state index in [4.69, 9.17) is 9.90 Å². The largest absolute Gasteiger partial charge is 0.490 e. The molecule has 0 radical (unpaired) electrons. The molecule has 2 amide bonds.